The summed E-state index contributed by atoms with van der Waals surface area (Å²) >= 11 is 1.08. The Bertz CT molecular complexity index is 573. The topological polar surface area (TPSA) is 74.5 Å². The van der Waals surface area contributed by atoms with Crippen LogP contribution < -0.4 is 4.74 Å². The van der Waals surface area contributed by atoms with Crippen molar-refractivity contribution in [2.45, 2.75) is 11.8 Å². The van der Waals surface area contributed by atoms with E-state index in [4.69, 9.17) is 9.15 Å². The van der Waals surface area contributed by atoms with Gasteiger partial charge in [-0.2, -0.15) is 0 Å². The normalized spacial score (nSPS) is 10.3. The van der Waals surface area contributed by atoms with Crippen LogP contribution in [0.25, 0.3) is 0 Å². The van der Waals surface area contributed by atoms with Crippen LogP contribution in [0.5, 0.6) is 5.75 Å². The molecular weight excluding hydrogens is 287 g/mol. The van der Waals surface area contributed by atoms with Gasteiger partial charge < -0.3 is 13.9 Å². The molecule has 106 valence electrons. The molecule has 8 heteroatoms. The molecule has 2 rings (SSSR count). The highest BCUT2D eigenvalue weighted by molar-refractivity contribution is 7.99. The summed E-state index contributed by atoms with van der Waals surface area (Å²) in [6, 6.07) is 5.58. The predicted octanol–water partition coefficient (Wildman–Crippen LogP) is 2.05. The van der Waals surface area contributed by atoms with Gasteiger partial charge in [0, 0.05) is 0 Å². The molecule has 6 nitrogen and oxygen atoms in total. The summed E-state index contributed by atoms with van der Waals surface area (Å²) in [4.78, 5) is 10.9. The van der Waals surface area contributed by atoms with Crippen molar-refractivity contribution in [2.75, 3.05) is 12.9 Å². The van der Waals surface area contributed by atoms with E-state index in [1.54, 1.807) is 0 Å². The van der Waals surface area contributed by atoms with Crippen molar-refractivity contribution in [1.82, 2.24) is 10.2 Å². The first kappa shape index (κ1) is 14.3. The molecule has 0 fully saturated rings. The van der Waals surface area contributed by atoms with Gasteiger partial charge in [-0.1, -0.05) is 11.8 Å². The third kappa shape index (κ3) is 4.23. The van der Waals surface area contributed by atoms with E-state index in [1.165, 1.54) is 31.4 Å². The van der Waals surface area contributed by atoms with Crippen molar-refractivity contribution in [3.05, 3.63) is 36.0 Å². The Morgan fingerprint density at radius 2 is 2.10 bits per heavy atom. The van der Waals surface area contributed by atoms with Gasteiger partial charge in [0.2, 0.25) is 0 Å². The number of carbonyl (C=O) groups is 1. The number of aromatic nitrogens is 2. The molecule has 0 saturated carbocycles. The molecule has 0 aliphatic rings. The number of rotatable bonds is 6. The molecule has 20 heavy (non-hydrogen) atoms. The first-order valence-electron chi connectivity index (χ1n) is 5.58. The molecular formula is C12H11FN2O4S. The fraction of sp³-hybridized carbons (Fsp3) is 0.250. The Morgan fingerprint density at radius 3 is 2.80 bits per heavy atom. The molecule has 0 spiro atoms. The third-order valence-electron chi connectivity index (χ3n) is 2.17. The largest absolute Gasteiger partial charge is 0.484 e. The molecule has 1 heterocycles. The quantitative estimate of drug-likeness (QED) is 0.597. The van der Waals surface area contributed by atoms with Crippen LogP contribution in [0.1, 0.15) is 5.89 Å². The standard InChI is InChI=1S/C12H11FN2O4S/c1-17-11(16)7-20-12-15-14-10(19-12)6-18-9-4-2-8(13)3-5-9/h2-5H,6-7H2,1H3. The van der Waals surface area contributed by atoms with E-state index in [2.05, 4.69) is 14.9 Å². The zero-order chi connectivity index (χ0) is 14.4. The van der Waals surface area contributed by atoms with Gasteiger partial charge >= 0.3 is 5.97 Å². The first-order chi connectivity index (χ1) is 9.67. The van der Waals surface area contributed by atoms with Crippen LogP contribution in [-0.2, 0) is 16.1 Å². The minimum atomic E-state index is -0.377. The number of esters is 1. The molecule has 0 radical (unpaired) electrons. The summed E-state index contributed by atoms with van der Waals surface area (Å²) in [5.41, 5.74) is 0. The van der Waals surface area contributed by atoms with Gasteiger partial charge in [-0.15, -0.1) is 10.2 Å². The molecule has 0 N–H and O–H groups in total. The van der Waals surface area contributed by atoms with Gasteiger partial charge in [0.15, 0.2) is 6.61 Å². The van der Waals surface area contributed by atoms with Crippen LogP contribution >= 0.6 is 11.8 Å². The lowest BCUT2D eigenvalue weighted by molar-refractivity contribution is -0.137. The second-order valence-electron chi connectivity index (χ2n) is 3.57. The van der Waals surface area contributed by atoms with Gasteiger partial charge in [-0.25, -0.2) is 4.39 Å². The minimum absolute atomic E-state index is 0.0669. The smallest absolute Gasteiger partial charge is 0.316 e. The number of halogens is 1. The lowest BCUT2D eigenvalue weighted by Crippen LogP contribution is -2.02. The second kappa shape index (κ2) is 6.90. The van der Waals surface area contributed by atoms with E-state index in [0.717, 1.165) is 11.8 Å². The van der Waals surface area contributed by atoms with E-state index in [0.29, 0.717) is 5.75 Å². The zero-order valence-electron chi connectivity index (χ0n) is 10.5. The average Bonchev–Trinajstić information content (AvgIpc) is 2.92. The summed E-state index contributed by atoms with van der Waals surface area (Å²) in [5, 5.41) is 7.77. The number of hydrogen-bond donors (Lipinski definition) is 0. The van der Waals surface area contributed by atoms with Crippen LogP contribution in [0.15, 0.2) is 33.9 Å². The number of methoxy groups -OCH3 is 1. The first-order valence-corrected chi connectivity index (χ1v) is 6.56. The maximum Gasteiger partial charge on any atom is 0.316 e. The van der Waals surface area contributed by atoms with E-state index in [1.807, 2.05) is 0 Å². The van der Waals surface area contributed by atoms with Gasteiger partial charge in [0.25, 0.3) is 11.1 Å². The Morgan fingerprint density at radius 1 is 1.35 bits per heavy atom. The summed E-state index contributed by atoms with van der Waals surface area (Å²) < 4.78 is 27.8. The molecule has 1 aromatic heterocycles. The number of ether oxygens (including phenoxy) is 2. The van der Waals surface area contributed by atoms with Crippen LogP contribution in [0, 0.1) is 5.82 Å². The Balaban J connectivity index is 1.83. The lowest BCUT2D eigenvalue weighted by Gasteiger charge is -2.02. The molecule has 0 aliphatic heterocycles. The molecule has 2 aromatic rings. The van der Waals surface area contributed by atoms with E-state index < -0.39 is 0 Å². The van der Waals surface area contributed by atoms with Crippen LogP contribution in [-0.4, -0.2) is 29.0 Å². The molecule has 0 bridgehead atoms. The summed E-state index contributed by atoms with van der Waals surface area (Å²) in [6.45, 7) is 0.0669. The Labute approximate surface area is 118 Å². The number of benzene rings is 1. The monoisotopic (exact) mass is 298 g/mol. The zero-order valence-corrected chi connectivity index (χ0v) is 11.4. The average molecular weight is 298 g/mol. The third-order valence-corrected chi connectivity index (χ3v) is 2.96. The van der Waals surface area contributed by atoms with Crippen molar-refractivity contribution < 1.29 is 23.1 Å². The van der Waals surface area contributed by atoms with Gasteiger partial charge in [-0.3, -0.25) is 4.79 Å². The SMILES string of the molecule is COC(=O)CSc1nnc(COc2ccc(F)cc2)o1. The summed E-state index contributed by atoms with van der Waals surface area (Å²) in [7, 11) is 1.30. The highest BCUT2D eigenvalue weighted by Crippen LogP contribution is 2.17. The molecule has 0 unspecified atom stereocenters. The summed E-state index contributed by atoms with van der Waals surface area (Å²) in [5.74, 6) is 0.140. The fourth-order valence-electron chi connectivity index (χ4n) is 1.21. The maximum absolute atomic E-state index is 12.7. The van der Waals surface area contributed by atoms with Gasteiger partial charge in [0.05, 0.1) is 7.11 Å². The van der Waals surface area contributed by atoms with E-state index >= 15 is 0 Å². The minimum Gasteiger partial charge on any atom is -0.484 e. The molecule has 0 atom stereocenters. The van der Waals surface area contributed by atoms with Crippen LogP contribution in [0.4, 0.5) is 4.39 Å². The van der Waals surface area contributed by atoms with Gasteiger partial charge in [-0.05, 0) is 24.3 Å². The fourth-order valence-corrected chi connectivity index (χ4v) is 1.82. The van der Waals surface area contributed by atoms with Crippen molar-refractivity contribution in [3.8, 4) is 5.75 Å². The predicted molar refractivity (Wildman–Crippen MR) is 67.8 cm³/mol. The molecule has 0 aliphatic carbocycles. The van der Waals surface area contributed by atoms with Crippen molar-refractivity contribution in [2.24, 2.45) is 0 Å². The molecule has 1 aromatic carbocycles. The molecule has 0 saturated heterocycles. The molecule has 0 amide bonds. The van der Waals surface area contributed by atoms with Crippen LogP contribution in [0.2, 0.25) is 0 Å². The number of thioether (sulfide) groups is 1. The second-order valence-corrected chi connectivity index (χ2v) is 4.50. The van der Waals surface area contributed by atoms with Crippen molar-refractivity contribution in [3.63, 3.8) is 0 Å². The van der Waals surface area contributed by atoms with Gasteiger partial charge in [0.1, 0.15) is 17.3 Å². The highest BCUT2D eigenvalue weighted by Gasteiger charge is 2.10. The lowest BCUT2D eigenvalue weighted by atomic mass is 10.3. The highest BCUT2D eigenvalue weighted by atomic mass is 32.2. The number of nitrogens with zero attached hydrogens (tertiary/aromatic N) is 2. The Kier molecular flexibility index (Phi) is 4.94. The van der Waals surface area contributed by atoms with Crippen molar-refractivity contribution in [1.29, 1.82) is 0 Å². The summed E-state index contributed by atoms with van der Waals surface area (Å²) in [6.07, 6.45) is 0. The van der Waals surface area contributed by atoms with E-state index in [-0.39, 0.29) is 35.3 Å². The van der Waals surface area contributed by atoms with E-state index in [9.17, 15) is 9.18 Å². The number of carbonyl (C=O) groups excluding carboxylic acids is 1. The number of hydrogen-bond acceptors (Lipinski definition) is 7. The van der Waals surface area contributed by atoms with Crippen molar-refractivity contribution >= 4 is 17.7 Å². The van der Waals surface area contributed by atoms with Crippen LogP contribution in [0.3, 0.4) is 0 Å². The Hall–Kier alpha value is -2.09. The maximum atomic E-state index is 12.7.